The minimum absolute atomic E-state index is 0.105. The molecule has 1 aliphatic rings. The summed E-state index contributed by atoms with van der Waals surface area (Å²) in [7, 11) is 0. The van der Waals surface area contributed by atoms with Gasteiger partial charge in [0.25, 0.3) is 0 Å². The van der Waals surface area contributed by atoms with Gasteiger partial charge in [0.15, 0.2) is 0 Å². The summed E-state index contributed by atoms with van der Waals surface area (Å²) in [5.74, 6) is 1.52. The molecule has 0 amide bonds. The predicted octanol–water partition coefficient (Wildman–Crippen LogP) is 1.84. The Balaban J connectivity index is 1.50. The average Bonchev–Trinajstić information content (AvgIpc) is 3.16. The zero-order chi connectivity index (χ0) is 20.5. The third kappa shape index (κ3) is 4.01. The summed E-state index contributed by atoms with van der Waals surface area (Å²) in [5, 5.41) is 37.2. The maximum absolute atomic E-state index is 10.0. The van der Waals surface area contributed by atoms with Gasteiger partial charge in [-0.3, -0.25) is 0 Å². The Morgan fingerprint density at radius 2 is 1.59 bits per heavy atom. The fourth-order valence-corrected chi connectivity index (χ4v) is 3.19. The van der Waals surface area contributed by atoms with Crippen LogP contribution in [0.1, 0.15) is 11.5 Å². The zero-order valence-corrected chi connectivity index (χ0v) is 16.0. The molecule has 4 unspecified atom stereocenters. The van der Waals surface area contributed by atoms with Crippen molar-refractivity contribution < 1.29 is 29.2 Å². The van der Waals surface area contributed by atoms with Crippen LogP contribution in [-0.4, -0.2) is 56.7 Å². The molecule has 1 aliphatic heterocycles. The SMILES string of the molecule is Cc1nnc(-c2ccc(-c3ccc(OC4OCC(O)C(O)C4O)c(C)c3)cc2)o1. The van der Waals surface area contributed by atoms with Crippen LogP contribution in [0.4, 0.5) is 0 Å². The highest BCUT2D eigenvalue weighted by molar-refractivity contribution is 5.68. The second-order valence-electron chi connectivity index (χ2n) is 7.05. The number of ether oxygens (including phenoxy) is 2. The summed E-state index contributed by atoms with van der Waals surface area (Å²) in [5.41, 5.74) is 3.68. The molecule has 0 spiro atoms. The standard InChI is InChI=1S/C21H22N2O6/c1-11-9-15(13-3-5-14(6-4-13)20-23-22-12(2)28-20)7-8-17(11)29-21-19(26)18(25)16(24)10-27-21/h3-9,16,18-19,21,24-26H,10H2,1-2H3. The smallest absolute Gasteiger partial charge is 0.247 e. The highest BCUT2D eigenvalue weighted by atomic mass is 16.7. The Labute approximate surface area is 167 Å². The lowest BCUT2D eigenvalue weighted by Gasteiger charge is -2.35. The Hall–Kier alpha value is -2.78. The van der Waals surface area contributed by atoms with E-state index in [0.29, 0.717) is 17.5 Å². The van der Waals surface area contributed by atoms with Crippen LogP contribution in [0.3, 0.4) is 0 Å². The summed E-state index contributed by atoms with van der Waals surface area (Å²) in [6.45, 7) is 3.53. The Bertz CT molecular complexity index is 987. The molecule has 0 aliphatic carbocycles. The minimum Gasteiger partial charge on any atom is -0.462 e. The van der Waals surface area contributed by atoms with Crippen LogP contribution >= 0.6 is 0 Å². The molecule has 1 aromatic heterocycles. The van der Waals surface area contributed by atoms with E-state index in [1.807, 2.05) is 43.3 Å². The van der Waals surface area contributed by atoms with Crippen molar-refractivity contribution in [3.63, 3.8) is 0 Å². The molecule has 1 fully saturated rings. The van der Waals surface area contributed by atoms with Gasteiger partial charge in [-0.15, -0.1) is 10.2 Å². The van der Waals surface area contributed by atoms with Gasteiger partial charge in [-0.25, -0.2) is 0 Å². The van der Waals surface area contributed by atoms with Crippen molar-refractivity contribution in [3.05, 3.63) is 53.9 Å². The van der Waals surface area contributed by atoms with Gasteiger partial charge < -0.3 is 29.2 Å². The van der Waals surface area contributed by atoms with Gasteiger partial charge in [-0.2, -0.15) is 0 Å². The first kappa shape index (κ1) is 19.5. The summed E-state index contributed by atoms with van der Waals surface area (Å²) in [6, 6.07) is 13.4. The van der Waals surface area contributed by atoms with Crippen molar-refractivity contribution in [1.29, 1.82) is 0 Å². The van der Waals surface area contributed by atoms with Gasteiger partial charge in [0, 0.05) is 12.5 Å². The first-order valence-corrected chi connectivity index (χ1v) is 9.26. The van der Waals surface area contributed by atoms with Gasteiger partial charge in [0.05, 0.1) is 6.61 Å². The lowest BCUT2D eigenvalue weighted by molar-refractivity contribution is -0.242. The molecular formula is C21H22N2O6. The fourth-order valence-electron chi connectivity index (χ4n) is 3.19. The third-order valence-corrected chi connectivity index (χ3v) is 4.86. The molecule has 29 heavy (non-hydrogen) atoms. The van der Waals surface area contributed by atoms with E-state index in [1.54, 1.807) is 13.0 Å². The van der Waals surface area contributed by atoms with Crippen LogP contribution in [0.25, 0.3) is 22.6 Å². The van der Waals surface area contributed by atoms with Gasteiger partial charge in [0.1, 0.15) is 24.1 Å². The number of aliphatic hydroxyl groups excluding tert-OH is 3. The third-order valence-electron chi connectivity index (χ3n) is 4.86. The van der Waals surface area contributed by atoms with Crippen LogP contribution in [-0.2, 0) is 4.74 Å². The molecule has 4 atom stereocenters. The van der Waals surface area contributed by atoms with E-state index in [2.05, 4.69) is 10.2 Å². The predicted molar refractivity (Wildman–Crippen MR) is 103 cm³/mol. The summed E-state index contributed by atoms with van der Waals surface area (Å²) < 4.78 is 16.5. The maximum atomic E-state index is 10.0. The topological polar surface area (TPSA) is 118 Å². The van der Waals surface area contributed by atoms with Gasteiger partial charge in [-0.05, 0) is 47.9 Å². The number of aliphatic hydroxyl groups is 3. The molecule has 3 N–H and O–H groups in total. The highest BCUT2D eigenvalue weighted by Crippen LogP contribution is 2.30. The lowest BCUT2D eigenvalue weighted by atomic mass is 10.0. The number of benzene rings is 2. The highest BCUT2D eigenvalue weighted by Gasteiger charge is 2.39. The molecule has 0 saturated carbocycles. The monoisotopic (exact) mass is 398 g/mol. The van der Waals surface area contributed by atoms with Gasteiger partial charge in [-0.1, -0.05) is 18.2 Å². The van der Waals surface area contributed by atoms with E-state index in [9.17, 15) is 15.3 Å². The molecule has 4 rings (SSSR count). The van der Waals surface area contributed by atoms with E-state index in [0.717, 1.165) is 22.3 Å². The minimum atomic E-state index is -1.33. The number of nitrogens with zero attached hydrogens (tertiary/aromatic N) is 2. The summed E-state index contributed by atoms with van der Waals surface area (Å²) in [6.07, 6.45) is -4.82. The fraction of sp³-hybridized carbons (Fsp3) is 0.333. The first-order chi connectivity index (χ1) is 13.9. The Morgan fingerprint density at radius 3 is 2.24 bits per heavy atom. The molecule has 8 nitrogen and oxygen atoms in total. The van der Waals surface area contributed by atoms with Crippen LogP contribution in [0.5, 0.6) is 5.75 Å². The van der Waals surface area contributed by atoms with Crippen LogP contribution < -0.4 is 4.74 Å². The van der Waals surface area contributed by atoms with Crippen molar-refractivity contribution in [1.82, 2.24) is 10.2 Å². The summed E-state index contributed by atoms with van der Waals surface area (Å²) in [4.78, 5) is 0. The van der Waals surface area contributed by atoms with Crippen molar-refractivity contribution in [2.24, 2.45) is 0 Å². The molecule has 8 heteroatoms. The Kier molecular flexibility index (Phi) is 5.33. The van der Waals surface area contributed by atoms with Crippen molar-refractivity contribution in [3.8, 4) is 28.3 Å². The molecule has 3 aromatic rings. The largest absolute Gasteiger partial charge is 0.462 e. The molecule has 152 valence electrons. The van der Waals surface area contributed by atoms with Crippen molar-refractivity contribution in [2.45, 2.75) is 38.4 Å². The quantitative estimate of drug-likeness (QED) is 0.609. The van der Waals surface area contributed by atoms with E-state index >= 15 is 0 Å². The number of aryl methyl sites for hydroxylation is 2. The molecular weight excluding hydrogens is 376 g/mol. The van der Waals surface area contributed by atoms with Crippen LogP contribution in [0.15, 0.2) is 46.9 Å². The van der Waals surface area contributed by atoms with Gasteiger partial charge >= 0.3 is 0 Å². The van der Waals surface area contributed by atoms with E-state index in [1.165, 1.54) is 0 Å². The lowest BCUT2D eigenvalue weighted by Crippen LogP contribution is -2.54. The molecule has 2 aromatic carbocycles. The van der Waals surface area contributed by atoms with E-state index in [4.69, 9.17) is 13.9 Å². The number of hydrogen-bond acceptors (Lipinski definition) is 8. The average molecular weight is 398 g/mol. The zero-order valence-electron chi connectivity index (χ0n) is 16.0. The normalized spacial score (nSPS) is 24.4. The van der Waals surface area contributed by atoms with Crippen LogP contribution in [0.2, 0.25) is 0 Å². The number of hydrogen-bond donors (Lipinski definition) is 3. The van der Waals surface area contributed by atoms with Crippen molar-refractivity contribution >= 4 is 0 Å². The maximum Gasteiger partial charge on any atom is 0.247 e. The molecule has 1 saturated heterocycles. The molecule has 2 heterocycles. The first-order valence-electron chi connectivity index (χ1n) is 9.26. The molecule has 0 radical (unpaired) electrons. The van der Waals surface area contributed by atoms with E-state index in [-0.39, 0.29) is 6.61 Å². The number of rotatable bonds is 4. The Morgan fingerprint density at radius 1 is 0.897 bits per heavy atom. The second kappa shape index (κ2) is 7.92. The van der Waals surface area contributed by atoms with Crippen LogP contribution in [0, 0.1) is 13.8 Å². The summed E-state index contributed by atoms with van der Waals surface area (Å²) >= 11 is 0. The second-order valence-corrected chi connectivity index (χ2v) is 7.05. The van der Waals surface area contributed by atoms with E-state index < -0.39 is 24.6 Å². The van der Waals surface area contributed by atoms with Crippen molar-refractivity contribution in [2.75, 3.05) is 6.61 Å². The van der Waals surface area contributed by atoms with Gasteiger partial charge in [0.2, 0.25) is 18.1 Å². The molecule has 0 bridgehead atoms. The number of aromatic nitrogens is 2.